The van der Waals surface area contributed by atoms with Gasteiger partial charge in [-0.15, -0.1) is 0 Å². The van der Waals surface area contributed by atoms with Crippen LogP contribution < -0.4 is 11.1 Å². The summed E-state index contributed by atoms with van der Waals surface area (Å²) in [5.41, 5.74) is 6.40. The van der Waals surface area contributed by atoms with E-state index < -0.39 is 35.9 Å². The third kappa shape index (κ3) is 4.77. The van der Waals surface area contributed by atoms with Crippen LogP contribution in [-0.2, 0) is 16.0 Å². The molecule has 0 saturated carbocycles. The largest absolute Gasteiger partial charge is 0.508 e. The lowest BCUT2D eigenvalue weighted by Gasteiger charge is -2.25. The van der Waals surface area contributed by atoms with E-state index in [1.165, 1.54) is 23.3 Å². The van der Waals surface area contributed by atoms with Gasteiger partial charge in [0.15, 0.2) is 5.69 Å². The van der Waals surface area contributed by atoms with Crippen LogP contribution in [0.15, 0.2) is 34.9 Å². The highest BCUT2D eigenvalue weighted by Crippen LogP contribution is 2.21. The van der Waals surface area contributed by atoms with Gasteiger partial charge >= 0.3 is 5.97 Å². The first-order valence-corrected chi connectivity index (χ1v) is 9.59. The number of nitrogens with zero attached hydrogens (tertiary/aromatic N) is 2. The number of aliphatic carboxylic acids is 1. The highest BCUT2D eigenvalue weighted by Gasteiger charge is 2.37. The number of hydrogen-bond donors (Lipinski definition) is 4. The number of phenolic OH excluding ortho intramolecular Hbond substituents is 1. The summed E-state index contributed by atoms with van der Waals surface area (Å²) in [5.74, 6) is -1.91. The van der Waals surface area contributed by atoms with Gasteiger partial charge < -0.3 is 30.6 Å². The third-order valence-electron chi connectivity index (χ3n) is 4.94. The number of aromatic hydroxyl groups is 1. The minimum atomic E-state index is -1.19. The Balaban J connectivity index is 1.69. The number of amides is 2. The van der Waals surface area contributed by atoms with Gasteiger partial charge in [0.25, 0.3) is 5.91 Å². The van der Waals surface area contributed by atoms with Crippen LogP contribution in [0.4, 0.5) is 0 Å². The maximum atomic E-state index is 12.8. The molecule has 0 bridgehead atoms. The minimum Gasteiger partial charge on any atom is -0.508 e. The normalized spacial score (nSPS) is 18.1. The fraction of sp³-hybridized carbons (Fsp3) is 0.400. The number of rotatable bonds is 7. The van der Waals surface area contributed by atoms with Crippen molar-refractivity contribution in [2.75, 3.05) is 6.54 Å². The molecule has 2 amide bonds. The van der Waals surface area contributed by atoms with Crippen LogP contribution in [0.1, 0.15) is 47.7 Å². The molecule has 1 aliphatic rings. The molecule has 2 aromatic rings. The van der Waals surface area contributed by atoms with Crippen molar-refractivity contribution in [2.45, 2.75) is 44.3 Å². The van der Waals surface area contributed by atoms with Crippen LogP contribution in [0.3, 0.4) is 0 Å². The number of carbonyl (C=O) groups excluding carboxylic acids is 2. The van der Waals surface area contributed by atoms with Gasteiger partial charge in [0.1, 0.15) is 24.1 Å². The van der Waals surface area contributed by atoms with Gasteiger partial charge in [-0.05, 0) is 37.5 Å². The van der Waals surface area contributed by atoms with Crippen molar-refractivity contribution in [3.63, 3.8) is 0 Å². The Kier molecular flexibility index (Phi) is 6.36. The molecule has 3 atom stereocenters. The second-order valence-electron chi connectivity index (χ2n) is 7.29. The summed E-state index contributed by atoms with van der Waals surface area (Å²) < 4.78 is 5.19. The molecule has 30 heavy (non-hydrogen) atoms. The van der Waals surface area contributed by atoms with Crippen LogP contribution in [-0.4, -0.2) is 56.5 Å². The molecule has 3 rings (SSSR count). The predicted octanol–water partition coefficient (Wildman–Crippen LogP) is 0.817. The minimum absolute atomic E-state index is 0.0447. The number of aromatic nitrogens is 1. The van der Waals surface area contributed by atoms with Crippen LogP contribution in [0.2, 0.25) is 0 Å². The summed E-state index contributed by atoms with van der Waals surface area (Å²) in [7, 11) is 0. The van der Waals surface area contributed by atoms with Crippen molar-refractivity contribution < 1.29 is 29.0 Å². The summed E-state index contributed by atoms with van der Waals surface area (Å²) in [6, 6.07) is 3.63. The average Bonchev–Trinajstić information content (AvgIpc) is 3.38. The quantitative estimate of drug-likeness (QED) is 0.516. The molecule has 1 aromatic heterocycles. The number of carboxylic acid groups (broad SMARTS) is 1. The van der Waals surface area contributed by atoms with E-state index in [0.717, 1.165) is 0 Å². The molecule has 0 spiro atoms. The van der Waals surface area contributed by atoms with Gasteiger partial charge in [-0.1, -0.05) is 12.1 Å². The summed E-state index contributed by atoms with van der Waals surface area (Å²) >= 11 is 0. The number of phenols is 1. The van der Waals surface area contributed by atoms with Gasteiger partial charge in [-0.2, -0.15) is 0 Å². The highest BCUT2D eigenvalue weighted by molar-refractivity contribution is 5.97. The summed E-state index contributed by atoms with van der Waals surface area (Å²) in [6.07, 6.45) is 2.28. The zero-order chi connectivity index (χ0) is 21.8. The van der Waals surface area contributed by atoms with Crippen molar-refractivity contribution in [3.05, 3.63) is 47.7 Å². The SMILES string of the molecule is C[C@H](N)c1nc(C(=O)N2CCC[C@H]2C(=O)N[C@@H](Cc2ccc(O)cc2)C(=O)O)co1. The molecule has 2 heterocycles. The van der Waals surface area contributed by atoms with Crippen LogP contribution in [0.5, 0.6) is 5.75 Å². The van der Waals surface area contributed by atoms with Gasteiger partial charge in [0.2, 0.25) is 11.8 Å². The Bertz CT molecular complexity index is 924. The van der Waals surface area contributed by atoms with E-state index >= 15 is 0 Å². The van der Waals surface area contributed by atoms with E-state index in [2.05, 4.69) is 10.3 Å². The Hall–Kier alpha value is -3.40. The lowest BCUT2D eigenvalue weighted by atomic mass is 10.0. The van der Waals surface area contributed by atoms with Crippen molar-refractivity contribution in [1.82, 2.24) is 15.2 Å². The summed E-state index contributed by atoms with van der Waals surface area (Å²) in [6.45, 7) is 2.03. The predicted molar refractivity (Wildman–Crippen MR) is 105 cm³/mol. The van der Waals surface area contributed by atoms with Crippen molar-refractivity contribution in [2.24, 2.45) is 5.73 Å². The van der Waals surface area contributed by atoms with E-state index in [-0.39, 0.29) is 23.8 Å². The van der Waals surface area contributed by atoms with Crippen molar-refractivity contribution >= 4 is 17.8 Å². The van der Waals surface area contributed by atoms with E-state index in [1.807, 2.05) is 0 Å². The van der Waals surface area contributed by atoms with Gasteiger partial charge in [0.05, 0.1) is 6.04 Å². The summed E-state index contributed by atoms with van der Waals surface area (Å²) in [5, 5.41) is 21.4. The number of benzene rings is 1. The monoisotopic (exact) mass is 416 g/mol. The molecular formula is C20H24N4O6. The number of oxazole rings is 1. The van der Waals surface area contributed by atoms with Crippen molar-refractivity contribution in [3.8, 4) is 5.75 Å². The first kappa shape index (κ1) is 21.3. The first-order valence-electron chi connectivity index (χ1n) is 9.59. The molecule has 0 radical (unpaired) electrons. The Labute approximate surface area is 172 Å². The second-order valence-corrected chi connectivity index (χ2v) is 7.29. The lowest BCUT2D eigenvalue weighted by Crippen LogP contribution is -2.51. The molecule has 0 unspecified atom stereocenters. The number of carboxylic acids is 1. The van der Waals surface area contributed by atoms with Crippen LogP contribution in [0.25, 0.3) is 0 Å². The average molecular weight is 416 g/mol. The smallest absolute Gasteiger partial charge is 0.326 e. The fourth-order valence-electron chi connectivity index (χ4n) is 3.36. The van der Waals surface area contributed by atoms with E-state index in [0.29, 0.717) is 24.9 Å². The van der Waals surface area contributed by atoms with E-state index in [4.69, 9.17) is 10.2 Å². The maximum Gasteiger partial charge on any atom is 0.326 e. The molecule has 10 nitrogen and oxygen atoms in total. The van der Waals surface area contributed by atoms with Gasteiger partial charge in [0, 0.05) is 13.0 Å². The maximum absolute atomic E-state index is 12.8. The van der Waals surface area contributed by atoms with Crippen molar-refractivity contribution in [1.29, 1.82) is 0 Å². The summed E-state index contributed by atoms with van der Waals surface area (Å²) in [4.78, 5) is 42.7. The third-order valence-corrected chi connectivity index (χ3v) is 4.94. The fourth-order valence-corrected chi connectivity index (χ4v) is 3.36. The molecule has 160 valence electrons. The zero-order valence-electron chi connectivity index (χ0n) is 16.4. The molecule has 1 saturated heterocycles. The number of likely N-dealkylation sites (tertiary alicyclic amines) is 1. The number of hydrogen-bond acceptors (Lipinski definition) is 7. The Morgan fingerprint density at radius 3 is 2.63 bits per heavy atom. The Morgan fingerprint density at radius 2 is 2.03 bits per heavy atom. The second kappa shape index (κ2) is 8.95. The van der Waals surface area contributed by atoms with E-state index in [9.17, 15) is 24.6 Å². The zero-order valence-corrected chi connectivity index (χ0v) is 16.4. The number of carbonyl (C=O) groups is 3. The first-order chi connectivity index (χ1) is 14.3. The van der Waals surface area contributed by atoms with Crippen LogP contribution in [0, 0.1) is 0 Å². The lowest BCUT2D eigenvalue weighted by molar-refractivity contribution is -0.142. The number of nitrogens with one attached hydrogen (secondary N) is 1. The molecular weight excluding hydrogens is 392 g/mol. The topological polar surface area (TPSA) is 159 Å². The van der Waals surface area contributed by atoms with E-state index in [1.54, 1.807) is 19.1 Å². The van der Waals surface area contributed by atoms with Gasteiger partial charge in [-0.3, -0.25) is 9.59 Å². The molecule has 1 fully saturated rings. The number of nitrogens with two attached hydrogens (primary N) is 1. The highest BCUT2D eigenvalue weighted by atomic mass is 16.4. The molecule has 0 aliphatic carbocycles. The molecule has 1 aliphatic heterocycles. The molecule has 10 heteroatoms. The Morgan fingerprint density at radius 1 is 1.33 bits per heavy atom. The van der Waals surface area contributed by atoms with Crippen LogP contribution >= 0.6 is 0 Å². The molecule has 5 N–H and O–H groups in total. The van der Waals surface area contributed by atoms with Gasteiger partial charge in [-0.25, -0.2) is 9.78 Å². The molecule has 1 aromatic carbocycles. The standard InChI is InChI=1S/C20H24N4O6/c1-11(21)18-23-15(10-30-18)19(27)24-8-2-3-16(24)17(26)22-14(20(28)29)9-12-4-6-13(25)7-5-12/h4-7,10-11,14,16,25H,2-3,8-9,21H2,1H3,(H,22,26)(H,28,29)/t11-,14-,16-/m0/s1.